The summed E-state index contributed by atoms with van der Waals surface area (Å²) in [5.41, 5.74) is 0. The summed E-state index contributed by atoms with van der Waals surface area (Å²) in [7, 11) is 0. The maximum atomic E-state index is 5.40. The quantitative estimate of drug-likeness (QED) is 0.891. The maximum Gasteiger partial charge on any atom is 0.226 e. The molecule has 0 amide bonds. The fourth-order valence-corrected chi connectivity index (χ4v) is 3.24. The summed E-state index contributed by atoms with van der Waals surface area (Å²) in [5, 5.41) is 7.54. The molecular weight excluding hydrogens is 226 g/mol. The molecule has 2 fully saturated rings. The van der Waals surface area contributed by atoms with Gasteiger partial charge >= 0.3 is 0 Å². The molecule has 1 saturated carbocycles. The van der Waals surface area contributed by atoms with Crippen molar-refractivity contribution >= 4 is 0 Å². The van der Waals surface area contributed by atoms with Crippen molar-refractivity contribution in [2.45, 2.75) is 57.3 Å². The van der Waals surface area contributed by atoms with Gasteiger partial charge in [-0.05, 0) is 38.3 Å². The lowest BCUT2D eigenvalue weighted by Gasteiger charge is -2.18. The molecular formula is C14H23N3O. The average Bonchev–Trinajstić information content (AvgIpc) is 3.09. The predicted octanol–water partition coefficient (Wildman–Crippen LogP) is 2.66. The van der Waals surface area contributed by atoms with E-state index in [1.807, 2.05) is 0 Å². The Morgan fingerprint density at radius 1 is 1.11 bits per heavy atom. The molecule has 1 aromatic heterocycles. The molecule has 4 heteroatoms. The van der Waals surface area contributed by atoms with Gasteiger partial charge in [-0.2, -0.15) is 4.98 Å². The van der Waals surface area contributed by atoms with Gasteiger partial charge in [-0.1, -0.05) is 30.8 Å². The Bertz CT molecular complexity index is 365. The molecule has 0 spiro atoms. The van der Waals surface area contributed by atoms with Crippen LogP contribution in [0.2, 0.25) is 0 Å². The first kappa shape index (κ1) is 12.2. The molecule has 0 atom stereocenters. The van der Waals surface area contributed by atoms with Gasteiger partial charge in [0.1, 0.15) is 0 Å². The first-order chi connectivity index (χ1) is 8.92. The highest BCUT2D eigenvalue weighted by Gasteiger charge is 2.21. The zero-order chi connectivity index (χ0) is 12.2. The zero-order valence-electron chi connectivity index (χ0n) is 11.0. The SMILES string of the molecule is C1CCC(CCc2nc(C3CCNCC3)no2)C1. The van der Waals surface area contributed by atoms with Crippen LogP contribution in [0.1, 0.15) is 62.6 Å². The van der Waals surface area contributed by atoms with Crippen LogP contribution < -0.4 is 5.32 Å². The third kappa shape index (κ3) is 2.91. The van der Waals surface area contributed by atoms with E-state index in [9.17, 15) is 0 Å². The number of nitrogens with zero attached hydrogens (tertiary/aromatic N) is 2. The lowest BCUT2D eigenvalue weighted by Crippen LogP contribution is -2.27. The number of hydrogen-bond acceptors (Lipinski definition) is 4. The van der Waals surface area contributed by atoms with Crippen molar-refractivity contribution in [3.05, 3.63) is 11.7 Å². The van der Waals surface area contributed by atoms with Crippen LogP contribution in [0.25, 0.3) is 0 Å². The molecule has 1 N–H and O–H groups in total. The molecule has 100 valence electrons. The third-order valence-electron chi connectivity index (χ3n) is 4.43. The van der Waals surface area contributed by atoms with E-state index in [0.29, 0.717) is 5.92 Å². The van der Waals surface area contributed by atoms with Gasteiger partial charge in [0.15, 0.2) is 5.82 Å². The van der Waals surface area contributed by atoms with E-state index in [4.69, 9.17) is 4.52 Å². The summed E-state index contributed by atoms with van der Waals surface area (Å²) in [4.78, 5) is 4.59. The lowest BCUT2D eigenvalue weighted by atomic mass is 9.97. The van der Waals surface area contributed by atoms with Crippen molar-refractivity contribution in [1.29, 1.82) is 0 Å². The Kier molecular flexibility index (Phi) is 3.93. The van der Waals surface area contributed by atoms with Crippen molar-refractivity contribution in [1.82, 2.24) is 15.5 Å². The summed E-state index contributed by atoms with van der Waals surface area (Å²) >= 11 is 0. The van der Waals surface area contributed by atoms with Crippen molar-refractivity contribution in [3.8, 4) is 0 Å². The predicted molar refractivity (Wildman–Crippen MR) is 69.4 cm³/mol. The molecule has 1 aliphatic carbocycles. The third-order valence-corrected chi connectivity index (χ3v) is 4.43. The normalized spacial score (nSPS) is 22.7. The van der Waals surface area contributed by atoms with Gasteiger partial charge in [-0.25, -0.2) is 0 Å². The van der Waals surface area contributed by atoms with E-state index in [-0.39, 0.29) is 0 Å². The number of piperidine rings is 1. The number of aromatic nitrogens is 2. The van der Waals surface area contributed by atoms with Crippen molar-refractivity contribution in [2.75, 3.05) is 13.1 Å². The topological polar surface area (TPSA) is 51.0 Å². The van der Waals surface area contributed by atoms with Crippen LogP contribution in [0.4, 0.5) is 0 Å². The number of nitrogens with one attached hydrogen (secondary N) is 1. The van der Waals surface area contributed by atoms with Gasteiger partial charge < -0.3 is 9.84 Å². The van der Waals surface area contributed by atoms with Crippen molar-refractivity contribution < 1.29 is 4.52 Å². The highest BCUT2D eigenvalue weighted by molar-refractivity contribution is 4.97. The molecule has 0 bridgehead atoms. The smallest absolute Gasteiger partial charge is 0.226 e. The van der Waals surface area contributed by atoms with Gasteiger partial charge in [0.25, 0.3) is 0 Å². The van der Waals surface area contributed by atoms with Gasteiger partial charge in [-0.3, -0.25) is 0 Å². The molecule has 1 aliphatic heterocycles. The first-order valence-electron chi connectivity index (χ1n) is 7.45. The Morgan fingerprint density at radius 3 is 2.67 bits per heavy atom. The molecule has 3 rings (SSSR count). The second kappa shape index (κ2) is 5.83. The fourth-order valence-electron chi connectivity index (χ4n) is 3.24. The van der Waals surface area contributed by atoms with Crippen LogP contribution in [0.5, 0.6) is 0 Å². The Hall–Kier alpha value is -0.900. The standard InChI is InChI=1S/C14H23N3O/c1-2-4-11(3-1)5-6-13-16-14(17-18-13)12-7-9-15-10-8-12/h11-12,15H,1-10H2. The van der Waals surface area contributed by atoms with E-state index >= 15 is 0 Å². The van der Waals surface area contributed by atoms with Crippen LogP contribution >= 0.6 is 0 Å². The number of aryl methyl sites for hydroxylation is 1. The summed E-state index contributed by atoms with van der Waals surface area (Å²) in [5.74, 6) is 3.21. The molecule has 2 aliphatic rings. The van der Waals surface area contributed by atoms with E-state index in [0.717, 1.165) is 50.0 Å². The second-order valence-corrected chi connectivity index (χ2v) is 5.76. The Morgan fingerprint density at radius 2 is 1.89 bits per heavy atom. The largest absolute Gasteiger partial charge is 0.339 e. The number of rotatable bonds is 4. The second-order valence-electron chi connectivity index (χ2n) is 5.76. The summed E-state index contributed by atoms with van der Waals surface area (Å²) < 4.78 is 5.40. The van der Waals surface area contributed by atoms with Crippen LogP contribution in [0.15, 0.2) is 4.52 Å². The molecule has 0 unspecified atom stereocenters. The molecule has 18 heavy (non-hydrogen) atoms. The van der Waals surface area contributed by atoms with Crippen LogP contribution in [-0.2, 0) is 6.42 Å². The maximum absolute atomic E-state index is 5.40. The minimum atomic E-state index is 0.509. The molecule has 0 radical (unpaired) electrons. The van der Waals surface area contributed by atoms with E-state index < -0.39 is 0 Å². The summed E-state index contributed by atoms with van der Waals surface area (Å²) in [6.07, 6.45) is 10.1. The van der Waals surface area contributed by atoms with Crippen molar-refractivity contribution in [3.63, 3.8) is 0 Å². The Labute approximate surface area is 109 Å². The van der Waals surface area contributed by atoms with E-state index in [2.05, 4.69) is 15.5 Å². The minimum absolute atomic E-state index is 0.509. The van der Waals surface area contributed by atoms with E-state index in [1.54, 1.807) is 0 Å². The van der Waals surface area contributed by atoms with Gasteiger partial charge in [-0.15, -0.1) is 0 Å². The van der Waals surface area contributed by atoms with Crippen LogP contribution in [0, 0.1) is 5.92 Å². The molecule has 2 heterocycles. The van der Waals surface area contributed by atoms with Crippen LogP contribution in [0.3, 0.4) is 0 Å². The first-order valence-corrected chi connectivity index (χ1v) is 7.45. The molecule has 1 aromatic rings. The summed E-state index contributed by atoms with van der Waals surface area (Å²) in [6.45, 7) is 2.16. The minimum Gasteiger partial charge on any atom is -0.339 e. The van der Waals surface area contributed by atoms with E-state index in [1.165, 1.54) is 32.1 Å². The fraction of sp³-hybridized carbons (Fsp3) is 0.857. The molecule has 1 saturated heterocycles. The van der Waals surface area contributed by atoms with Crippen LogP contribution in [-0.4, -0.2) is 23.2 Å². The average molecular weight is 249 g/mol. The molecule has 0 aromatic carbocycles. The zero-order valence-corrected chi connectivity index (χ0v) is 11.0. The lowest BCUT2D eigenvalue weighted by molar-refractivity contribution is 0.349. The van der Waals surface area contributed by atoms with Gasteiger partial charge in [0.05, 0.1) is 0 Å². The highest BCUT2D eigenvalue weighted by atomic mass is 16.5. The summed E-state index contributed by atoms with van der Waals surface area (Å²) in [6, 6.07) is 0. The monoisotopic (exact) mass is 249 g/mol. The van der Waals surface area contributed by atoms with Gasteiger partial charge in [0, 0.05) is 12.3 Å². The van der Waals surface area contributed by atoms with Gasteiger partial charge in [0.2, 0.25) is 5.89 Å². The molecule has 4 nitrogen and oxygen atoms in total. The number of hydrogen-bond donors (Lipinski definition) is 1. The van der Waals surface area contributed by atoms with Crippen molar-refractivity contribution in [2.24, 2.45) is 5.92 Å². The highest BCUT2D eigenvalue weighted by Crippen LogP contribution is 2.29. The Balaban J connectivity index is 1.52.